The van der Waals surface area contributed by atoms with E-state index in [4.69, 9.17) is 18.5 Å². The summed E-state index contributed by atoms with van der Waals surface area (Å²) in [7, 11) is 1.11. The second-order valence-corrected chi connectivity index (χ2v) is 23.1. The molecule has 0 radical (unpaired) electrons. The minimum Gasteiger partial charge on any atom is -0.756 e. The standard InChI is InChI=1S/C74H116NO8P/c1-6-8-10-12-14-16-18-20-22-24-26-27-28-29-30-31-32-33-34-35-36-37-38-39-40-41-42-43-44-45-46-47-49-51-53-55-57-59-61-63-65-67-74(77)83-72(71-82-84(78,79)81-69-68-75(3,4)5)70-80-73(76)66-64-62-60-58-56-54-52-50-48-25-23-21-19-17-15-13-11-9-7-2/h8-11,14-17,20-23,26-27,29-30,32-33,35-36,38-39,41-42,44-45,47-50,53,55,72H,6-7,12-13,18-19,24-25,28,31,34,37,40,43,46,51-52,54,56-71H2,1-5H3/b10-8-,11-9-,16-14-,17-15-,22-20-,23-21-,27-26-,30-29-,33-32-,36-35-,39-38-,42-41-,45-44-,49-47-,50-48-,55-53-. The van der Waals surface area contributed by atoms with Crippen molar-refractivity contribution < 1.29 is 42.1 Å². The number of nitrogens with zero attached hydrogens (tertiary/aromatic N) is 1. The van der Waals surface area contributed by atoms with Gasteiger partial charge in [0.05, 0.1) is 27.7 Å². The Hall–Kier alpha value is -5.15. The first-order valence-electron chi connectivity index (χ1n) is 32.1. The number of carbonyl (C=O) groups is 2. The lowest BCUT2D eigenvalue weighted by molar-refractivity contribution is -0.870. The topological polar surface area (TPSA) is 111 Å². The van der Waals surface area contributed by atoms with Crippen molar-refractivity contribution in [2.75, 3.05) is 47.5 Å². The van der Waals surface area contributed by atoms with Gasteiger partial charge in [-0.15, -0.1) is 0 Å². The van der Waals surface area contributed by atoms with Gasteiger partial charge >= 0.3 is 11.9 Å². The van der Waals surface area contributed by atoms with E-state index < -0.39 is 32.5 Å². The Labute approximate surface area is 513 Å². The molecule has 0 saturated carbocycles. The van der Waals surface area contributed by atoms with Crippen molar-refractivity contribution in [2.45, 2.75) is 213 Å². The van der Waals surface area contributed by atoms with Crippen LogP contribution in [-0.4, -0.2) is 70.0 Å². The van der Waals surface area contributed by atoms with Crippen LogP contribution in [0.3, 0.4) is 0 Å². The number of ether oxygens (including phenoxy) is 2. The molecule has 10 heteroatoms. The molecule has 0 aromatic rings. The smallest absolute Gasteiger partial charge is 0.306 e. The van der Waals surface area contributed by atoms with Crippen LogP contribution < -0.4 is 4.89 Å². The van der Waals surface area contributed by atoms with Gasteiger partial charge in [0.2, 0.25) is 0 Å². The van der Waals surface area contributed by atoms with E-state index in [1.807, 2.05) is 21.1 Å². The van der Waals surface area contributed by atoms with Crippen molar-refractivity contribution in [2.24, 2.45) is 0 Å². The van der Waals surface area contributed by atoms with Gasteiger partial charge in [0, 0.05) is 12.8 Å². The first-order chi connectivity index (χ1) is 41.0. The Morgan fingerprint density at radius 3 is 0.952 bits per heavy atom. The van der Waals surface area contributed by atoms with Crippen LogP contribution in [0.2, 0.25) is 0 Å². The third-order valence-electron chi connectivity index (χ3n) is 12.6. The number of phosphoric ester groups is 1. The normalized spacial score (nSPS) is 14.5. The van der Waals surface area contributed by atoms with Gasteiger partial charge in [0.15, 0.2) is 6.10 Å². The van der Waals surface area contributed by atoms with E-state index in [0.717, 1.165) is 167 Å². The Morgan fingerprint density at radius 2 is 0.643 bits per heavy atom. The third kappa shape index (κ3) is 66.0. The fourth-order valence-electron chi connectivity index (χ4n) is 7.74. The Bertz CT molecular complexity index is 2120. The Morgan fingerprint density at radius 1 is 0.369 bits per heavy atom. The molecule has 9 nitrogen and oxygen atoms in total. The number of rotatable bonds is 56. The maximum atomic E-state index is 12.8. The van der Waals surface area contributed by atoms with E-state index in [2.05, 4.69) is 208 Å². The van der Waals surface area contributed by atoms with Gasteiger partial charge in [-0.25, -0.2) is 0 Å². The van der Waals surface area contributed by atoms with Crippen molar-refractivity contribution in [1.29, 1.82) is 0 Å². The molecule has 0 amide bonds. The number of hydrogen-bond acceptors (Lipinski definition) is 8. The van der Waals surface area contributed by atoms with E-state index in [-0.39, 0.29) is 26.1 Å². The van der Waals surface area contributed by atoms with Crippen molar-refractivity contribution >= 4 is 19.8 Å². The summed E-state index contributed by atoms with van der Waals surface area (Å²) in [6, 6.07) is 0. The zero-order valence-corrected chi connectivity index (χ0v) is 54.1. The van der Waals surface area contributed by atoms with Crippen molar-refractivity contribution in [1.82, 2.24) is 0 Å². The van der Waals surface area contributed by atoms with Gasteiger partial charge in [0.1, 0.15) is 19.8 Å². The van der Waals surface area contributed by atoms with Crippen LogP contribution in [0.1, 0.15) is 206 Å². The van der Waals surface area contributed by atoms with Crippen LogP contribution in [0.15, 0.2) is 194 Å². The first kappa shape index (κ1) is 78.8. The number of esters is 2. The number of allylic oxidation sites excluding steroid dienone is 32. The van der Waals surface area contributed by atoms with E-state index in [9.17, 15) is 19.0 Å². The SMILES string of the molecule is CC/C=C\C/C=C\C/C=C\C/C=C\C/C=C\C/C=C\C/C=C\C/C=C\C/C=C\C/C=C\C/C=C\C/C=C\CCCCCCC(=O)OC(COC(=O)CCCCCCCC/C=C\C/C=C\C/C=C\C/C=C\CC)COP(=O)([O-])OCC[N+](C)(C)C. The fourth-order valence-corrected chi connectivity index (χ4v) is 8.47. The second-order valence-electron chi connectivity index (χ2n) is 21.7. The van der Waals surface area contributed by atoms with Gasteiger partial charge in [-0.2, -0.15) is 0 Å². The van der Waals surface area contributed by atoms with Gasteiger partial charge in [0.25, 0.3) is 7.82 Å². The summed E-state index contributed by atoms with van der Waals surface area (Å²) >= 11 is 0. The highest BCUT2D eigenvalue weighted by molar-refractivity contribution is 7.45. The van der Waals surface area contributed by atoms with E-state index in [1.54, 1.807) is 0 Å². The van der Waals surface area contributed by atoms with Crippen LogP contribution in [0.4, 0.5) is 0 Å². The number of phosphoric acid groups is 1. The van der Waals surface area contributed by atoms with Crippen molar-refractivity contribution in [3.05, 3.63) is 194 Å². The van der Waals surface area contributed by atoms with Crippen molar-refractivity contribution in [3.8, 4) is 0 Å². The van der Waals surface area contributed by atoms with Crippen LogP contribution >= 0.6 is 7.82 Å². The molecule has 0 aromatic heterocycles. The molecule has 0 aliphatic carbocycles. The number of hydrogen-bond donors (Lipinski definition) is 0. The molecule has 0 fully saturated rings. The lowest BCUT2D eigenvalue weighted by atomic mass is 10.1. The Balaban J connectivity index is 4.23. The lowest BCUT2D eigenvalue weighted by Crippen LogP contribution is -2.37. The molecule has 0 saturated heterocycles. The average molecular weight is 1180 g/mol. The van der Waals surface area contributed by atoms with E-state index >= 15 is 0 Å². The molecular formula is C74H116NO8P. The van der Waals surface area contributed by atoms with Gasteiger partial charge in [-0.1, -0.05) is 247 Å². The summed E-state index contributed by atoms with van der Waals surface area (Å²) in [6.45, 7) is 3.93. The molecule has 0 aromatic carbocycles. The summed E-state index contributed by atoms with van der Waals surface area (Å²) in [5.41, 5.74) is 0. The maximum Gasteiger partial charge on any atom is 0.306 e. The predicted molar refractivity (Wildman–Crippen MR) is 359 cm³/mol. The van der Waals surface area contributed by atoms with Crippen LogP contribution in [-0.2, 0) is 32.7 Å². The molecule has 84 heavy (non-hydrogen) atoms. The summed E-state index contributed by atoms with van der Waals surface area (Å²) in [4.78, 5) is 37.9. The molecule has 2 atom stereocenters. The van der Waals surface area contributed by atoms with E-state index in [1.165, 1.54) is 0 Å². The fraction of sp³-hybridized carbons (Fsp3) is 0.541. The van der Waals surface area contributed by atoms with Gasteiger partial charge < -0.3 is 27.9 Å². The molecule has 0 N–H and O–H groups in total. The zero-order valence-electron chi connectivity index (χ0n) is 53.3. The summed E-state index contributed by atoms with van der Waals surface area (Å²) in [6.07, 6.45) is 97.8. The number of likely N-dealkylation sites (N-methyl/N-ethyl adjacent to an activating group) is 1. The second kappa shape index (κ2) is 62.4. The molecule has 0 aliphatic rings. The van der Waals surface area contributed by atoms with E-state index in [0.29, 0.717) is 23.9 Å². The average Bonchev–Trinajstić information content (AvgIpc) is 3.61. The first-order valence-corrected chi connectivity index (χ1v) is 33.6. The molecule has 2 unspecified atom stereocenters. The molecule has 0 bridgehead atoms. The molecule has 0 rings (SSSR count). The zero-order chi connectivity index (χ0) is 61.2. The molecule has 0 spiro atoms. The molecule has 0 aliphatic heterocycles. The van der Waals surface area contributed by atoms with Crippen molar-refractivity contribution in [3.63, 3.8) is 0 Å². The van der Waals surface area contributed by atoms with Crippen LogP contribution in [0.25, 0.3) is 0 Å². The highest BCUT2D eigenvalue weighted by atomic mass is 31.2. The quantitative estimate of drug-likeness (QED) is 0.0195. The monoisotopic (exact) mass is 1180 g/mol. The number of carbonyl (C=O) groups excluding carboxylic acids is 2. The number of unbranched alkanes of at least 4 members (excludes halogenated alkanes) is 10. The summed E-state index contributed by atoms with van der Waals surface area (Å²) in [5, 5.41) is 0. The Kier molecular flexibility index (Phi) is 58.6. The van der Waals surface area contributed by atoms with Crippen LogP contribution in [0, 0.1) is 0 Å². The third-order valence-corrected chi connectivity index (χ3v) is 13.6. The summed E-state index contributed by atoms with van der Waals surface area (Å²) < 4.78 is 34.1. The molecule has 470 valence electrons. The highest BCUT2D eigenvalue weighted by Crippen LogP contribution is 2.38. The molecular weight excluding hydrogens is 1060 g/mol. The van der Waals surface area contributed by atoms with Gasteiger partial charge in [-0.3, -0.25) is 14.2 Å². The predicted octanol–water partition coefficient (Wildman–Crippen LogP) is 20.3. The lowest BCUT2D eigenvalue weighted by Gasteiger charge is -2.28. The largest absolute Gasteiger partial charge is 0.756 e. The maximum absolute atomic E-state index is 12.8. The minimum atomic E-state index is -4.66. The minimum absolute atomic E-state index is 0.0500. The molecule has 0 heterocycles. The number of quaternary nitrogens is 1. The summed E-state index contributed by atoms with van der Waals surface area (Å²) in [5.74, 6) is -0.896. The highest BCUT2D eigenvalue weighted by Gasteiger charge is 2.22. The van der Waals surface area contributed by atoms with Crippen LogP contribution in [0.5, 0.6) is 0 Å². The van der Waals surface area contributed by atoms with Gasteiger partial charge in [-0.05, 0) is 141 Å².